The lowest BCUT2D eigenvalue weighted by atomic mass is 10.2. The Morgan fingerprint density at radius 3 is 2.58 bits per heavy atom. The molecule has 3 aromatic rings. The van der Waals surface area contributed by atoms with Gasteiger partial charge in [0.05, 0.1) is 22.8 Å². The number of nitriles is 1. The van der Waals surface area contributed by atoms with Crippen LogP contribution in [0.15, 0.2) is 46.7 Å². The number of nitrogens with one attached hydrogen (secondary N) is 1. The molecule has 1 aromatic carbocycles. The van der Waals surface area contributed by atoms with Crippen LogP contribution in [0.2, 0.25) is 0 Å². The van der Waals surface area contributed by atoms with Crippen LogP contribution in [0.25, 0.3) is 16.3 Å². The van der Waals surface area contributed by atoms with Gasteiger partial charge in [0.15, 0.2) is 15.5 Å². The molecule has 3 rings (SSSR count). The van der Waals surface area contributed by atoms with Gasteiger partial charge in [-0.15, -0.1) is 11.3 Å². The molecule has 0 aliphatic carbocycles. The molecule has 0 bridgehead atoms. The van der Waals surface area contributed by atoms with Crippen molar-refractivity contribution in [3.05, 3.63) is 48.2 Å². The van der Waals surface area contributed by atoms with Gasteiger partial charge >= 0.3 is 0 Å². The summed E-state index contributed by atoms with van der Waals surface area (Å²) >= 11 is 1.13. The van der Waals surface area contributed by atoms with Crippen molar-refractivity contribution in [3.8, 4) is 22.3 Å². The number of carbonyl (C=O) groups excluding carboxylic acids is 1. The zero-order valence-corrected chi connectivity index (χ0v) is 15.3. The summed E-state index contributed by atoms with van der Waals surface area (Å²) in [4.78, 5) is 11.1. The Labute approximate surface area is 154 Å². The van der Waals surface area contributed by atoms with Crippen LogP contribution in [0.4, 0.5) is 5.69 Å². The van der Waals surface area contributed by atoms with Gasteiger partial charge in [-0.3, -0.25) is 0 Å². The number of hydrogen-bond acceptors (Lipinski definition) is 7. The SMILES string of the molecule is CS(=O)(=O)c1ccc(-c2cc(C#N)nn2-c2ccc(NCC=O)cc2)s1. The second-order valence-corrected chi connectivity index (χ2v) is 8.75. The van der Waals surface area contributed by atoms with E-state index >= 15 is 0 Å². The van der Waals surface area contributed by atoms with Crippen LogP contribution in [-0.2, 0) is 14.6 Å². The van der Waals surface area contributed by atoms with E-state index in [0.717, 1.165) is 29.6 Å². The molecule has 0 spiro atoms. The van der Waals surface area contributed by atoms with Crippen LogP contribution in [-0.4, -0.2) is 37.3 Å². The first kappa shape index (κ1) is 17.8. The Morgan fingerprint density at radius 1 is 1.27 bits per heavy atom. The highest BCUT2D eigenvalue weighted by atomic mass is 32.2. The fourth-order valence-corrected chi connectivity index (χ4v) is 4.27. The first-order valence-corrected chi connectivity index (χ1v) is 10.2. The molecule has 132 valence electrons. The highest BCUT2D eigenvalue weighted by Crippen LogP contribution is 2.32. The molecule has 0 aliphatic heterocycles. The second-order valence-electron chi connectivity index (χ2n) is 5.42. The van der Waals surface area contributed by atoms with Crippen LogP contribution >= 0.6 is 11.3 Å². The van der Waals surface area contributed by atoms with E-state index in [-0.39, 0.29) is 16.4 Å². The van der Waals surface area contributed by atoms with Gasteiger partial charge < -0.3 is 10.1 Å². The van der Waals surface area contributed by atoms with E-state index in [1.165, 1.54) is 0 Å². The number of thiophene rings is 1. The Kier molecular flexibility index (Phi) is 4.88. The predicted molar refractivity (Wildman–Crippen MR) is 99.3 cm³/mol. The maximum Gasteiger partial charge on any atom is 0.184 e. The minimum absolute atomic E-state index is 0.217. The molecule has 0 aliphatic rings. The molecule has 0 saturated heterocycles. The number of sulfone groups is 1. The number of rotatable bonds is 6. The topological polar surface area (TPSA) is 105 Å². The van der Waals surface area contributed by atoms with Crippen molar-refractivity contribution in [2.45, 2.75) is 4.21 Å². The van der Waals surface area contributed by atoms with Crippen molar-refractivity contribution in [2.24, 2.45) is 0 Å². The van der Waals surface area contributed by atoms with Crippen LogP contribution in [0.3, 0.4) is 0 Å². The second kappa shape index (κ2) is 7.11. The molecule has 26 heavy (non-hydrogen) atoms. The van der Waals surface area contributed by atoms with Gasteiger partial charge in [0, 0.05) is 18.0 Å². The lowest BCUT2D eigenvalue weighted by Crippen LogP contribution is -2.03. The minimum atomic E-state index is -3.29. The van der Waals surface area contributed by atoms with Crippen LogP contribution in [0.1, 0.15) is 5.69 Å². The molecule has 0 amide bonds. The number of carbonyl (C=O) groups is 1. The summed E-state index contributed by atoms with van der Waals surface area (Å²) in [5.74, 6) is 0. The number of aldehydes is 1. The fourth-order valence-electron chi connectivity index (χ4n) is 2.35. The first-order valence-electron chi connectivity index (χ1n) is 7.51. The van der Waals surface area contributed by atoms with Crippen molar-refractivity contribution < 1.29 is 13.2 Å². The summed E-state index contributed by atoms with van der Waals surface area (Å²) in [5.41, 5.74) is 2.37. The smallest absolute Gasteiger partial charge is 0.184 e. The summed E-state index contributed by atoms with van der Waals surface area (Å²) in [6, 6.07) is 14.1. The van der Waals surface area contributed by atoms with Crippen molar-refractivity contribution in [1.29, 1.82) is 5.26 Å². The Hall–Kier alpha value is -2.96. The summed E-state index contributed by atoms with van der Waals surface area (Å²) in [7, 11) is -3.29. The molecular weight excluding hydrogens is 372 g/mol. The van der Waals surface area contributed by atoms with Crippen molar-refractivity contribution >= 4 is 33.1 Å². The number of nitrogens with zero attached hydrogens (tertiary/aromatic N) is 3. The lowest BCUT2D eigenvalue weighted by Gasteiger charge is -2.08. The Bertz CT molecular complexity index is 1090. The first-order chi connectivity index (χ1) is 12.4. The molecule has 1 N–H and O–H groups in total. The average Bonchev–Trinajstić information content (AvgIpc) is 3.26. The highest BCUT2D eigenvalue weighted by molar-refractivity contribution is 7.92. The summed E-state index contributed by atoms with van der Waals surface area (Å²) < 4.78 is 25.3. The lowest BCUT2D eigenvalue weighted by molar-refractivity contribution is -0.106. The van der Waals surface area contributed by atoms with Gasteiger partial charge in [-0.05, 0) is 36.4 Å². The normalized spacial score (nSPS) is 11.1. The van der Waals surface area contributed by atoms with Gasteiger partial charge in [-0.25, -0.2) is 13.1 Å². The average molecular weight is 386 g/mol. The van der Waals surface area contributed by atoms with Crippen LogP contribution in [0, 0.1) is 11.3 Å². The molecule has 2 heterocycles. The third-order valence-corrected chi connectivity index (χ3v) is 6.45. The van der Waals surface area contributed by atoms with E-state index in [1.54, 1.807) is 47.1 Å². The number of hydrogen-bond donors (Lipinski definition) is 1. The summed E-state index contributed by atoms with van der Waals surface area (Å²) in [5, 5.41) is 16.4. The molecule has 0 radical (unpaired) electrons. The monoisotopic (exact) mass is 386 g/mol. The Balaban J connectivity index is 2.03. The fraction of sp³-hybridized carbons (Fsp3) is 0.118. The largest absolute Gasteiger partial charge is 0.378 e. The van der Waals surface area contributed by atoms with Crippen molar-refractivity contribution in [1.82, 2.24) is 9.78 Å². The number of aromatic nitrogens is 2. The van der Waals surface area contributed by atoms with E-state index in [9.17, 15) is 18.5 Å². The van der Waals surface area contributed by atoms with E-state index < -0.39 is 9.84 Å². The molecule has 0 saturated carbocycles. The van der Waals surface area contributed by atoms with Gasteiger partial charge in [-0.2, -0.15) is 10.4 Å². The van der Waals surface area contributed by atoms with Crippen molar-refractivity contribution in [3.63, 3.8) is 0 Å². The van der Waals surface area contributed by atoms with E-state index in [2.05, 4.69) is 10.4 Å². The predicted octanol–water partition coefficient (Wildman–Crippen LogP) is 2.49. The molecule has 7 nitrogen and oxygen atoms in total. The highest BCUT2D eigenvalue weighted by Gasteiger charge is 2.17. The maximum absolute atomic E-state index is 11.7. The van der Waals surface area contributed by atoms with Gasteiger partial charge in [0.2, 0.25) is 0 Å². The number of anilines is 1. The van der Waals surface area contributed by atoms with E-state index in [1.807, 2.05) is 6.07 Å². The molecular formula is C17H14N4O3S2. The van der Waals surface area contributed by atoms with Gasteiger partial charge in [0.25, 0.3) is 0 Å². The Morgan fingerprint density at radius 2 is 2.00 bits per heavy atom. The third-order valence-electron chi connectivity index (χ3n) is 3.52. The molecule has 0 fully saturated rings. The summed E-state index contributed by atoms with van der Waals surface area (Å²) in [6.45, 7) is 0.217. The van der Waals surface area contributed by atoms with Crippen LogP contribution in [0.5, 0.6) is 0 Å². The van der Waals surface area contributed by atoms with E-state index in [4.69, 9.17) is 0 Å². The minimum Gasteiger partial charge on any atom is -0.378 e. The zero-order valence-electron chi connectivity index (χ0n) is 13.7. The zero-order chi connectivity index (χ0) is 18.7. The standard InChI is InChI=1S/C17H14N4O3S2/c1-26(23,24)17-7-6-16(25-17)15-10-13(11-18)20-21(15)14-4-2-12(3-5-14)19-8-9-22/h2-7,9-10,19H,8H2,1H3. The third kappa shape index (κ3) is 3.66. The quantitative estimate of drug-likeness (QED) is 0.653. The molecule has 0 unspecified atom stereocenters. The summed E-state index contributed by atoms with van der Waals surface area (Å²) in [6.07, 6.45) is 1.93. The van der Waals surface area contributed by atoms with Crippen molar-refractivity contribution in [2.75, 3.05) is 18.1 Å². The maximum atomic E-state index is 11.7. The van der Waals surface area contributed by atoms with Crippen LogP contribution < -0.4 is 5.32 Å². The molecule has 2 aromatic heterocycles. The van der Waals surface area contributed by atoms with E-state index in [0.29, 0.717) is 16.3 Å². The van der Waals surface area contributed by atoms with Gasteiger partial charge in [-0.1, -0.05) is 0 Å². The number of benzene rings is 1. The molecule has 0 atom stereocenters. The van der Waals surface area contributed by atoms with Gasteiger partial charge in [0.1, 0.15) is 16.6 Å². The molecule has 9 heteroatoms.